The van der Waals surface area contributed by atoms with Crippen molar-refractivity contribution in [3.63, 3.8) is 0 Å². The van der Waals surface area contributed by atoms with Gasteiger partial charge in [0.15, 0.2) is 0 Å². The van der Waals surface area contributed by atoms with Crippen molar-refractivity contribution in [2.24, 2.45) is 5.73 Å². The zero-order valence-electron chi connectivity index (χ0n) is 13.3. The molecule has 0 fully saturated rings. The summed E-state index contributed by atoms with van der Waals surface area (Å²) in [7, 11) is 0. The molecule has 0 saturated heterocycles. The fourth-order valence-electron chi connectivity index (χ4n) is 1.94. The molecule has 0 aliphatic carbocycles. The second kappa shape index (κ2) is 6.22. The molecular formula is C15H24F3N3. The Bertz CT molecular complexity index is 476. The van der Waals surface area contributed by atoms with Crippen LogP contribution in [0.4, 0.5) is 19.0 Å². The fraction of sp³-hybridized carbons (Fsp3) is 0.667. The maximum Gasteiger partial charge on any atom is 0.405 e. The molecule has 1 rings (SSSR count). The van der Waals surface area contributed by atoms with Crippen LogP contribution in [0.5, 0.6) is 0 Å². The van der Waals surface area contributed by atoms with Gasteiger partial charge in [0.25, 0.3) is 0 Å². The smallest absolute Gasteiger partial charge is 0.345 e. The number of hydrogen-bond donors (Lipinski definition) is 1. The molecule has 2 N–H and O–H groups in total. The molecule has 6 heteroatoms. The molecule has 21 heavy (non-hydrogen) atoms. The standard InChI is InChI=1S/C15H24F3N3/c1-10(2)21(9-15(16,17)18)13-7-11(8-19)6-12(20-13)14(3,4)5/h6-7,10H,8-9,19H2,1-5H3. The molecule has 0 aliphatic rings. The summed E-state index contributed by atoms with van der Waals surface area (Å²) in [6, 6.07) is 3.19. The molecule has 0 radical (unpaired) electrons. The van der Waals surface area contributed by atoms with Gasteiger partial charge in [-0.3, -0.25) is 0 Å². The van der Waals surface area contributed by atoms with Crippen molar-refractivity contribution in [2.75, 3.05) is 11.4 Å². The van der Waals surface area contributed by atoms with Gasteiger partial charge in [0.05, 0.1) is 0 Å². The summed E-state index contributed by atoms with van der Waals surface area (Å²) in [6.07, 6.45) is -4.27. The number of anilines is 1. The van der Waals surface area contributed by atoms with E-state index in [4.69, 9.17) is 5.73 Å². The van der Waals surface area contributed by atoms with E-state index in [1.165, 1.54) is 4.90 Å². The number of hydrogen-bond acceptors (Lipinski definition) is 3. The quantitative estimate of drug-likeness (QED) is 0.924. The Labute approximate surface area is 124 Å². The van der Waals surface area contributed by atoms with E-state index in [1.807, 2.05) is 26.8 Å². The van der Waals surface area contributed by atoms with Crippen molar-refractivity contribution in [3.8, 4) is 0 Å². The fourth-order valence-corrected chi connectivity index (χ4v) is 1.94. The van der Waals surface area contributed by atoms with E-state index in [-0.39, 0.29) is 18.0 Å². The van der Waals surface area contributed by atoms with Crippen LogP contribution >= 0.6 is 0 Å². The van der Waals surface area contributed by atoms with Gasteiger partial charge >= 0.3 is 6.18 Å². The van der Waals surface area contributed by atoms with Gasteiger partial charge in [-0.2, -0.15) is 13.2 Å². The summed E-state index contributed by atoms with van der Waals surface area (Å²) in [4.78, 5) is 5.69. The third kappa shape index (κ3) is 5.19. The molecule has 120 valence electrons. The highest BCUT2D eigenvalue weighted by Crippen LogP contribution is 2.28. The molecule has 0 spiro atoms. The number of alkyl halides is 3. The second-order valence-corrected chi connectivity index (χ2v) is 6.51. The highest BCUT2D eigenvalue weighted by atomic mass is 19.4. The molecule has 1 aromatic heterocycles. The lowest BCUT2D eigenvalue weighted by molar-refractivity contribution is -0.120. The maximum absolute atomic E-state index is 12.8. The van der Waals surface area contributed by atoms with Gasteiger partial charge in [-0.05, 0) is 31.5 Å². The monoisotopic (exact) mass is 303 g/mol. The molecule has 0 aliphatic heterocycles. The number of halogens is 3. The van der Waals surface area contributed by atoms with E-state index in [0.717, 1.165) is 11.3 Å². The largest absolute Gasteiger partial charge is 0.405 e. The van der Waals surface area contributed by atoms with Crippen LogP contribution in [-0.4, -0.2) is 23.7 Å². The zero-order valence-corrected chi connectivity index (χ0v) is 13.3. The van der Waals surface area contributed by atoms with Crippen LogP contribution in [-0.2, 0) is 12.0 Å². The van der Waals surface area contributed by atoms with E-state index >= 15 is 0 Å². The van der Waals surface area contributed by atoms with Crippen molar-refractivity contribution in [1.29, 1.82) is 0 Å². The molecular weight excluding hydrogens is 279 g/mol. The molecule has 0 amide bonds. The van der Waals surface area contributed by atoms with E-state index in [2.05, 4.69) is 4.98 Å². The van der Waals surface area contributed by atoms with E-state index in [1.54, 1.807) is 19.9 Å². The van der Waals surface area contributed by atoms with Crippen LogP contribution in [0.2, 0.25) is 0 Å². The molecule has 0 saturated carbocycles. The molecule has 0 aromatic carbocycles. The Morgan fingerprint density at radius 1 is 1.19 bits per heavy atom. The van der Waals surface area contributed by atoms with E-state index in [9.17, 15) is 13.2 Å². The minimum atomic E-state index is -4.27. The normalized spacial score (nSPS) is 12.9. The molecule has 1 aromatic rings. The zero-order chi connectivity index (χ0) is 16.4. The van der Waals surface area contributed by atoms with Crippen molar-refractivity contribution >= 4 is 5.82 Å². The van der Waals surface area contributed by atoms with E-state index in [0.29, 0.717) is 5.82 Å². The first-order valence-electron chi connectivity index (χ1n) is 6.99. The minimum Gasteiger partial charge on any atom is -0.345 e. The summed E-state index contributed by atoms with van der Waals surface area (Å²) in [6.45, 7) is 8.62. The Balaban J connectivity index is 3.31. The van der Waals surface area contributed by atoms with Crippen LogP contribution in [0.15, 0.2) is 12.1 Å². The summed E-state index contributed by atoms with van der Waals surface area (Å²) in [5, 5.41) is 0. The lowest BCUT2D eigenvalue weighted by Crippen LogP contribution is -2.40. The van der Waals surface area contributed by atoms with Gasteiger partial charge < -0.3 is 10.6 Å². The van der Waals surface area contributed by atoms with Crippen LogP contribution in [0.3, 0.4) is 0 Å². The minimum absolute atomic E-state index is 0.249. The number of pyridine rings is 1. The van der Waals surface area contributed by atoms with Gasteiger partial charge in [-0.15, -0.1) is 0 Å². The third-order valence-electron chi connectivity index (χ3n) is 3.14. The van der Waals surface area contributed by atoms with Crippen molar-refractivity contribution in [2.45, 2.75) is 58.8 Å². The average Bonchev–Trinajstić information content (AvgIpc) is 2.33. The van der Waals surface area contributed by atoms with Crippen molar-refractivity contribution in [3.05, 3.63) is 23.4 Å². The van der Waals surface area contributed by atoms with Crippen molar-refractivity contribution < 1.29 is 13.2 Å². The first kappa shape index (κ1) is 17.8. The number of nitrogens with zero attached hydrogens (tertiary/aromatic N) is 2. The third-order valence-corrected chi connectivity index (χ3v) is 3.14. The predicted octanol–water partition coefficient (Wildman–Crippen LogP) is 3.61. The van der Waals surface area contributed by atoms with Gasteiger partial charge in [0.2, 0.25) is 0 Å². The first-order chi connectivity index (χ1) is 9.44. The lowest BCUT2D eigenvalue weighted by Gasteiger charge is -2.30. The second-order valence-electron chi connectivity index (χ2n) is 6.51. The number of nitrogens with two attached hydrogens (primary N) is 1. The Hall–Kier alpha value is -1.30. The Morgan fingerprint density at radius 3 is 2.14 bits per heavy atom. The van der Waals surface area contributed by atoms with Gasteiger partial charge in [-0.25, -0.2) is 4.98 Å². The molecule has 1 heterocycles. The average molecular weight is 303 g/mol. The highest BCUT2D eigenvalue weighted by Gasteiger charge is 2.33. The molecule has 0 atom stereocenters. The van der Waals surface area contributed by atoms with Crippen LogP contribution in [0, 0.1) is 0 Å². The highest BCUT2D eigenvalue weighted by molar-refractivity contribution is 5.45. The van der Waals surface area contributed by atoms with Crippen LogP contribution < -0.4 is 10.6 Å². The molecule has 0 bridgehead atoms. The SMILES string of the molecule is CC(C)N(CC(F)(F)F)c1cc(CN)cc(C(C)(C)C)n1. The number of aromatic nitrogens is 1. The van der Waals surface area contributed by atoms with Crippen molar-refractivity contribution in [1.82, 2.24) is 4.98 Å². The Morgan fingerprint density at radius 2 is 1.76 bits per heavy atom. The lowest BCUT2D eigenvalue weighted by atomic mass is 9.90. The summed E-state index contributed by atoms with van der Waals surface area (Å²) in [5.41, 5.74) is 6.95. The van der Waals surface area contributed by atoms with E-state index < -0.39 is 12.7 Å². The van der Waals surface area contributed by atoms with Crippen LogP contribution in [0.25, 0.3) is 0 Å². The number of rotatable bonds is 4. The van der Waals surface area contributed by atoms with Gasteiger partial charge in [0, 0.05) is 23.7 Å². The van der Waals surface area contributed by atoms with Gasteiger partial charge in [0.1, 0.15) is 12.4 Å². The van der Waals surface area contributed by atoms with Gasteiger partial charge in [-0.1, -0.05) is 20.8 Å². The summed E-state index contributed by atoms with van der Waals surface area (Å²) >= 11 is 0. The Kier molecular flexibility index (Phi) is 5.25. The molecule has 3 nitrogen and oxygen atoms in total. The topological polar surface area (TPSA) is 42.1 Å². The maximum atomic E-state index is 12.8. The first-order valence-corrected chi connectivity index (χ1v) is 6.99. The summed E-state index contributed by atoms with van der Waals surface area (Å²) in [5.74, 6) is 0.329. The van der Waals surface area contributed by atoms with Crippen LogP contribution in [0.1, 0.15) is 45.9 Å². The predicted molar refractivity (Wildman–Crippen MR) is 79.4 cm³/mol. The molecule has 0 unspecified atom stereocenters. The summed E-state index contributed by atoms with van der Waals surface area (Å²) < 4.78 is 38.3.